The summed E-state index contributed by atoms with van der Waals surface area (Å²) >= 11 is 0. The standard InChI is InChI=1S/C16H28N4O/c1-4-9-19(3)14-10-16(21)20(18-11-14)12-15(17-2)13-7-5-6-8-13/h10-11,13,15,17H,4-9,12H2,1-3H3. The molecule has 1 unspecified atom stereocenters. The molecule has 5 nitrogen and oxygen atoms in total. The summed E-state index contributed by atoms with van der Waals surface area (Å²) in [6.45, 7) is 3.73. The fraction of sp³-hybridized carbons (Fsp3) is 0.750. The van der Waals surface area contributed by atoms with Crippen LogP contribution in [0.2, 0.25) is 0 Å². The summed E-state index contributed by atoms with van der Waals surface area (Å²) in [6, 6.07) is 2.04. The van der Waals surface area contributed by atoms with Gasteiger partial charge >= 0.3 is 0 Å². The number of likely N-dealkylation sites (N-methyl/N-ethyl adjacent to an activating group) is 1. The molecule has 0 radical (unpaired) electrons. The molecule has 1 atom stereocenters. The highest BCUT2D eigenvalue weighted by Gasteiger charge is 2.24. The van der Waals surface area contributed by atoms with E-state index >= 15 is 0 Å². The van der Waals surface area contributed by atoms with Crippen LogP contribution in [0.5, 0.6) is 0 Å². The largest absolute Gasteiger partial charge is 0.373 e. The fourth-order valence-corrected chi connectivity index (χ4v) is 3.26. The van der Waals surface area contributed by atoms with E-state index in [4.69, 9.17) is 0 Å². The number of nitrogens with zero attached hydrogens (tertiary/aromatic N) is 3. The van der Waals surface area contributed by atoms with Gasteiger partial charge in [0.15, 0.2) is 0 Å². The summed E-state index contributed by atoms with van der Waals surface area (Å²) in [5.41, 5.74) is 0.897. The second-order valence-corrected chi connectivity index (χ2v) is 6.10. The quantitative estimate of drug-likeness (QED) is 0.833. The van der Waals surface area contributed by atoms with Gasteiger partial charge in [-0.05, 0) is 32.2 Å². The van der Waals surface area contributed by atoms with Gasteiger partial charge in [0.05, 0.1) is 18.4 Å². The van der Waals surface area contributed by atoms with Gasteiger partial charge in [-0.2, -0.15) is 5.10 Å². The van der Waals surface area contributed by atoms with Crippen molar-refractivity contribution in [2.24, 2.45) is 5.92 Å². The van der Waals surface area contributed by atoms with Crippen molar-refractivity contribution in [2.75, 3.05) is 25.5 Å². The smallest absolute Gasteiger partial charge is 0.268 e. The molecule has 1 saturated carbocycles. The third kappa shape index (κ3) is 4.06. The Labute approximate surface area is 127 Å². The lowest BCUT2D eigenvalue weighted by Crippen LogP contribution is -2.40. The molecule has 1 aromatic heterocycles. The first-order valence-electron chi connectivity index (χ1n) is 8.11. The van der Waals surface area contributed by atoms with E-state index in [0.29, 0.717) is 18.5 Å². The highest BCUT2D eigenvalue weighted by molar-refractivity contribution is 5.41. The van der Waals surface area contributed by atoms with Crippen molar-refractivity contribution in [1.82, 2.24) is 15.1 Å². The summed E-state index contributed by atoms with van der Waals surface area (Å²) in [5, 5.41) is 7.73. The molecule has 0 aromatic carbocycles. The maximum absolute atomic E-state index is 12.3. The summed E-state index contributed by atoms with van der Waals surface area (Å²) in [7, 11) is 3.98. The monoisotopic (exact) mass is 292 g/mol. The number of anilines is 1. The topological polar surface area (TPSA) is 50.2 Å². The zero-order valence-corrected chi connectivity index (χ0v) is 13.5. The van der Waals surface area contributed by atoms with Gasteiger partial charge in [0.2, 0.25) is 0 Å². The SMILES string of the molecule is CCCN(C)c1cnn(CC(NC)C2CCCC2)c(=O)c1. The predicted molar refractivity (Wildman–Crippen MR) is 86.9 cm³/mol. The van der Waals surface area contributed by atoms with Crippen molar-refractivity contribution >= 4 is 5.69 Å². The minimum absolute atomic E-state index is 0.00583. The second kappa shape index (κ2) is 7.59. The Balaban J connectivity index is 2.07. The van der Waals surface area contributed by atoms with Gasteiger partial charge in [0.25, 0.3) is 5.56 Å². The average Bonchev–Trinajstić information content (AvgIpc) is 3.00. The highest BCUT2D eigenvalue weighted by Crippen LogP contribution is 2.28. The van der Waals surface area contributed by atoms with Crippen molar-refractivity contribution in [3.8, 4) is 0 Å². The van der Waals surface area contributed by atoms with Crippen LogP contribution in [-0.2, 0) is 6.54 Å². The zero-order valence-electron chi connectivity index (χ0n) is 13.5. The first kappa shape index (κ1) is 16.0. The molecule has 1 aliphatic carbocycles. The van der Waals surface area contributed by atoms with Crippen molar-refractivity contribution in [3.05, 3.63) is 22.6 Å². The van der Waals surface area contributed by atoms with Crippen LogP contribution in [0.3, 0.4) is 0 Å². The lowest BCUT2D eigenvalue weighted by molar-refractivity contribution is 0.323. The van der Waals surface area contributed by atoms with Crippen molar-refractivity contribution in [1.29, 1.82) is 0 Å². The third-order valence-electron chi connectivity index (χ3n) is 4.56. The van der Waals surface area contributed by atoms with Gasteiger partial charge < -0.3 is 10.2 Å². The lowest BCUT2D eigenvalue weighted by atomic mass is 9.98. The summed E-state index contributed by atoms with van der Waals surface area (Å²) in [4.78, 5) is 14.3. The van der Waals surface area contributed by atoms with E-state index in [1.54, 1.807) is 16.9 Å². The van der Waals surface area contributed by atoms with Gasteiger partial charge in [0.1, 0.15) is 0 Å². The highest BCUT2D eigenvalue weighted by atomic mass is 16.1. The van der Waals surface area contributed by atoms with Gasteiger partial charge in [-0.3, -0.25) is 4.79 Å². The van der Waals surface area contributed by atoms with Gasteiger partial charge in [-0.15, -0.1) is 0 Å². The number of aromatic nitrogens is 2. The maximum atomic E-state index is 12.3. The van der Waals surface area contributed by atoms with Gasteiger partial charge in [-0.25, -0.2) is 4.68 Å². The molecule has 0 saturated heterocycles. The van der Waals surface area contributed by atoms with Crippen LogP contribution >= 0.6 is 0 Å². The van der Waals surface area contributed by atoms with Crippen LogP contribution in [0.15, 0.2) is 17.1 Å². The van der Waals surface area contributed by atoms with E-state index in [1.165, 1.54) is 25.7 Å². The third-order valence-corrected chi connectivity index (χ3v) is 4.56. The van der Waals surface area contributed by atoms with Crippen molar-refractivity contribution < 1.29 is 0 Å². The molecule has 5 heteroatoms. The minimum atomic E-state index is -0.00583. The Bertz CT molecular complexity index is 493. The molecule has 0 bridgehead atoms. The first-order chi connectivity index (χ1) is 10.2. The van der Waals surface area contributed by atoms with Crippen molar-refractivity contribution in [2.45, 2.75) is 51.6 Å². The molecule has 1 fully saturated rings. The Hall–Kier alpha value is -1.36. The second-order valence-electron chi connectivity index (χ2n) is 6.10. The number of hydrogen-bond acceptors (Lipinski definition) is 4. The summed E-state index contributed by atoms with van der Waals surface area (Å²) < 4.78 is 1.60. The van der Waals surface area contributed by atoms with Crippen LogP contribution in [-0.4, -0.2) is 36.5 Å². The molecule has 118 valence electrons. The Morgan fingerprint density at radius 2 is 2.19 bits per heavy atom. The molecule has 1 N–H and O–H groups in total. The Morgan fingerprint density at radius 3 is 2.76 bits per heavy atom. The first-order valence-corrected chi connectivity index (χ1v) is 8.11. The van der Waals surface area contributed by atoms with Gasteiger partial charge in [0, 0.05) is 25.7 Å². The number of rotatable bonds is 7. The molecular weight excluding hydrogens is 264 g/mol. The van der Waals surface area contributed by atoms with E-state index in [0.717, 1.165) is 18.7 Å². The van der Waals surface area contributed by atoms with Crippen LogP contribution in [0.25, 0.3) is 0 Å². The maximum Gasteiger partial charge on any atom is 0.268 e. The Morgan fingerprint density at radius 1 is 1.48 bits per heavy atom. The summed E-state index contributed by atoms with van der Waals surface area (Å²) in [6.07, 6.45) is 8.01. The molecule has 2 rings (SSSR count). The molecular formula is C16H28N4O. The zero-order chi connectivity index (χ0) is 15.2. The van der Waals surface area contributed by atoms with E-state index in [9.17, 15) is 4.79 Å². The van der Waals surface area contributed by atoms with Crippen LogP contribution in [0, 0.1) is 5.92 Å². The molecule has 0 amide bonds. The summed E-state index contributed by atoms with van der Waals surface area (Å²) in [5.74, 6) is 0.672. The normalized spacial score (nSPS) is 17.1. The van der Waals surface area contributed by atoms with E-state index < -0.39 is 0 Å². The fourth-order valence-electron chi connectivity index (χ4n) is 3.26. The molecule has 21 heavy (non-hydrogen) atoms. The van der Waals surface area contributed by atoms with E-state index in [-0.39, 0.29) is 5.56 Å². The molecule has 0 aliphatic heterocycles. The van der Waals surface area contributed by atoms with Crippen LogP contribution < -0.4 is 15.8 Å². The van der Waals surface area contributed by atoms with Crippen molar-refractivity contribution in [3.63, 3.8) is 0 Å². The predicted octanol–water partition coefficient (Wildman–Crippen LogP) is 1.87. The van der Waals surface area contributed by atoms with Crippen LogP contribution in [0.4, 0.5) is 5.69 Å². The van der Waals surface area contributed by atoms with E-state index in [2.05, 4.69) is 22.2 Å². The van der Waals surface area contributed by atoms with Gasteiger partial charge in [-0.1, -0.05) is 19.8 Å². The van der Waals surface area contributed by atoms with E-state index in [1.807, 2.05) is 14.1 Å². The average molecular weight is 292 g/mol. The molecule has 1 aliphatic rings. The number of hydrogen-bond donors (Lipinski definition) is 1. The Kier molecular flexibility index (Phi) is 5.79. The van der Waals surface area contributed by atoms with Crippen LogP contribution in [0.1, 0.15) is 39.0 Å². The molecule has 1 aromatic rings. The number of nitrogens with one attached hydrogen (secondary N) is 1. The molecule has 1 heterocycles. The molecule has 0 spiro atoms. The minimum Gasteiger partial charge on any atom is -0.373 e. The lowest BCUT2D eigenvalue weighted by Gasteiger charge is -2.23.